The minimum atomic E-state index is -0.549. The average molecular weight is 191 g/mol. The minimum absolute atomic E-state index is 0.343. The molecule has 0 rings (SSSR count). The van der Waals surface area contributed by atoms with Crippen molar-refractivity contribution in [3.05, 3.63) is 0 Å². The van der Waals surface area contributed by atoms with Gasteiger partial charge in [0, 0.05) is 0 Å². The highest BCUT2D eigenvalue weighted by Crippen LogP contribution is 2.16. The molecule has 0 aromatic rings. The maximum absolute atomic E-state index is 8.82. The molecule has 0 aliphatic rings. The van der Waals surface area contributed by atoms with Crippen LogP contribution in [0.2, 0.25) is 0 Å². The van der Waals surface area contributed by atoms with Crippen LogP contribution in [0.25, 0.3) is 0 Å². The van der Waals surface area contributed by atoms with Crippen LogP contribution in [0.5, 0.6) is 0 Å². The Kier molecular flexibility index (Phi) is 5.04. The fourth-order valence-electron chi connectivity index (χ4n) is 0.367. The number of hydrogen-bond acceptors (Lipinski definition) is 1. The smallest absolute Gasteiger partial charge is 0.109 e. The molecule has 0 fully saturated rings. The largest absolute Gasteiger partial charge is 0.392 e. The lowest BCUT2D eigenvalue weighted by molar-refractivity contribution is 0.187. The average Bonchev–Trinajstić information content (AvgIpc) is 1.63. The molecule has 0 aliphatic heterocycles. The molecule has 9 heavy (non-hydrogen) atoms. The van der Waals surface area contributed by atoms with E-state index in [0.29, 0.717) is 6.42 Å². The summed E-state index contributed by atoms with van der Waals surface area (Å²) < 4.78 is 0. The molecule has 4 heteroatoms. The van der Waals surface area contributed by atoms with E-state index >= 15 is 0 Å². The zero-order valence-corrected chi connectivity index (χ0v) is 7.29. The monoisotopic (exact) mass is 190 g/mol. The third kappa shape index (κ3) is 5.28. The predicted molar refractivity (Wildman–Crippen MR) is 41.4 cm³/mol. The van der Waals surface area contributed by atoms with Gasteiger partial charge in [-0.05, 0) is 13.3 Å². The van der Waals surface area contributed by atoms with E-state index in [9.17, 15) is 0 Å². The van der Waals surface area contributed by atoms with E-state index in [0.717, 1.165) is 0 Å². The molecule has 0 saturated carbocycles. The highest BCUT2D eigenvalue weighted by molar-refractivity contribution is 6.44. The molecule has 1 N–H and O–H groups in total. The summed E-state index contributed by atoms with van der Waals surface area (Å²) in [6.45, 7) is 1.60. The standard InChI is InChI=1S/C5H9Cl3O/c1-3(9)4(6)2-5(7)8/h3-5,9H,2H2,1H3. The SMILES string of the molecule is CC(O)C(Cl)CC(Cl)Cl. The van der Waals surface area contributed by atoms with Crippen LogP contribution in [0, 0.1) is 0 Å². The Bertz CT molecular complexity index is 74.6. The second-order valence-corrected chi connectivity index (χ2v) is 3.72. The number of rotatable bonds is 3. The molecule has 0 aromatic carbocycles. The zero-order chi connectivity index (χ0) is 7.44. The molecule has 1 nitrogen and oxygen atoms in total. The quantitative estimate of drug-likeness (QED) is 0.678. The van der Waals surface area contributed by atoms with Gasteiger partial charge < -0.3 is 5.11 Å². The molecule has 0 saturated heterocycles. The van der Waals surface area contributed by atoms with E-state index in [1.165, 1.54) is 0 Å². The van der Waals surface area contributed by atoms with Crippen molar-refractivity contribution in [1.82, 2.24) is 0 Å². The second-order valence-electron chi connectivity index (χ2n) is 1.88. The molecule has 0 bridgehead atoms. The van der Waals surface area contributed by atoms with Gasteiger partial charge in [-0.3, -0.25) is 0 Å². The van der Waals surface area contributed by atoms with E-state index in [4.69, 9.17) is 39.9 Å². The fourth-order valence-corrected chi connectivity index (χ4v) is 1.11. The third-order valence-electron chi connectivity index (χ3n) is 0.927. The molecular formula is C5H9Cl3O. The van der Waals surface area contributed by atoms with Gasteiger partial charge in [0.1, 0.15) is 4.84 Å². The van der Waals surface area contributed by atoms with Crippen molar-refractivity contribution in [2.24, 2.45) is 0 Å². The van der Waals surface area contributed by atoms with Crippen LogP contribution >= 0.6 is 34.8 Å². The van der Waals surface area contributed by atoms with E-state index in [1.807, 2.05) is 0 Å². The first-order valence-electron chi connectivity index (χ1n) is 2.64. The van der Waals surface area contributed by atoms with Crippen molar-refractivity contribution in [2.75, 3.05) is 0 Å². The van der Waals surface area contributed by atoms with Gasteiger partial charge in [0.25, 0.3) is 0 Å². The lowest BCUT2D eigenvalue weighted by Gasteiger charge is -2.11. The van der Waals surface area contributed by atoms with Crippen LogP contribution in [0.4, 0.5) is 0 Å². The van der Waals surface area contributed by atoms with Crippen LogP contribution < -0.4 is 0 Å². The molecule has 2 unspecified atom stereocenters. The number of halogens is 3. The number of hydrogen-bond donors (Lipinski definition) is 1. The number of aliphatic hydroxyl groups excluding tert-OH is 1. The van der Waals surface area contributed by atoms with Gasteiger partial charge in [0.05, 0.1) is 11.5 Å². The van der Waals surface area contributed by atoms with Gasteiger partial charge >= 0.3 is 0 Å². The van der Waals surface area contributed by atoms with Crippen molar-refractivity contribution in [3.63, 3.8) is 0 Å². The topological polar surface area (TPSA) is 20.2 Å². The second kappa shape index (κ2) is 4.62. The maximum atomic E-state index is 8.82. The molecular weight excluding hydrogens is 182 g/mol. The molecule has 0 heterocycles. The Morgan fingerprint density at radius 3 is 1.89 bits per heavy atom. The van der Waals surface area contributed by atoms with Crippen molar-refractivity contribution in [3.8, 4) is 0 Å². The van der Waals surface area contributed by atoms with Crippen molar-refractivity contribution < 1.29 is 5.11 Å². The third-order valence-corrected chi connectivity index (χ3v) is 1.83. The van der Waals surface area contributed by atoms with Crippen molar-refractivity contribution >= 4 is 34.8 Å². The summed E-state index contributed by atoms with van der Waals surface area (Å²) in [5.41, 5.74) is 0. The van der Waals surface area contributed by atoms with Crippen LogP contribution in [-0.2, 0) is 0 Å². The Morgan fingerprint density at radius 2 is 1.78 bits per heavy atom. The van der Waals surface area contributed by atoms with Gasteiger partial charge in [-0.25, -0.2) is 0 Å². The molecule has 0 aromatic heterocycles. The van der Waals surface area contributed by atoms with E-state index in [1.54, 1.807) is 6.92 Å². The Morgan fingerprint density at radius 1 is 1.33 bits per heavy atom. The Labute approximate surface area is 69.9 Å². The molecule has 0 radical (unpaired) electrons. The summed E-state index contributed by atoms with van der Waals surface area (Å²) in [6.07, 6.45) is -0.130. The summed E-state index contributed by atoms with van der Waals surface area (Å²) in [6, 6.07) is 0. The van der Waals surface area contributed by atoms with Crippen LogP contribution in [-0.4, -0.2) is 21.4 Å². The molecule has 2 atom stereocenters. The summed E-state index contributed by atoms with van der Waals surface area (Å²) in [5.74, 6) is 0. The molecule has 0 aliphatic carbocycles. The Balaban J connectivity index is 3.38. The minimum Gasteiger partial charge on any atom is -0.392 e. The summed E-state index contributed by atoms with van der Waals surface area (Å²) in [5, 5.41) is 8.48. The van der Waals surface area contributed by atoms with Crippen LogP contribution in [0.3, 0.4) is 0 Å². The van der Waals surface area contributed by atoms with Gasteiger partial charge in [-0.2, -0.15) is 0 Å². The van der Waals surface area contributed by atoms with Crippen LogP contribution in [0.1, 0.15) is 13.3 Å². The van der Waals surface area contributed by atoms with E-state index in [2.05, 4.69) is 0 Å². The fraction of sp³-hybridized carbons (Fsp3) is 1.00. The first-order chi connectivity index (χ1) is 4.04. The Hall–Kier alpha value is 0.830. The number of alkyl halides is 3. The van der Waals surface area contributed by atoms with Crippen molar-refractivity contribution in [1.29, 1.82) is 0 Å². The van der Waals surface area contributed by atoms with Crippen molar-refractivity contribution in [2.45, 2.75) is 29.7 Å². The highest BCUT2D eigenvalue weighted by Gasteiger charge is 2.14. The van der Waals surface area contributed by atoms with Gasteiger partial charge in [-0.15, -0.1) is 34.8 Å². The first kappa shape index (κ1) is 9.83. The van der Waals surface area contributed by atoms with E-state index in [-0.39, 0.29) is 5.38 Å². The predicted octanol–water partition coefficient (Wildman–Crippen LogP) is 2.17. The zero-order valence-electron chi connectivity index (χ0n) is 5.02. The highest BCUT2D eigenvalue weighted by atomic mass is 35.5. The molecule has 0 amide bonds. The van der Waals surface area contributed by atoms with Gasteiger partial charge in [-0.1, -0.05) is 0 Å². The summed E-state index contributed by atoms with van der Waals surface area (Å²) in [7, 11) is 0. The lowest BCUT2D eigenvalue weighted by atomic mass is 10.2. The normalized spacial score (nSPS) is 18.0. The summed E-state index contributed by atoms with van der Waals surface area (Å²) >= 11 is 16.4. The number of aliphatic hydroxyl groups is 1. The maximum Gasteiger partial charge on any atom is 0.109 e. The first-order valence-corrected chi connectivity index (χ1v) is 3.95. The summed E-state index contributed by atoms with van der Waals surface area (Å²) in [4.78, 5) is -0.484. The molecule has 56 valence electrons. The van der Waals surface area contributed by atoms with Gasteiger partial charge in [0.15, 0.2) is 0 Å². The van der Waals surface area contributed by atoms with Crippen LogP contribution in [0.15, 0.2) is 0 Å². The molecule has 0 spiro atoms. The van der Waals surface area contributed by atoms with E-state index < -0.39 is 10.9 Å². The lowest BCUT2D eigenvalue weighted by Crippen LogP contribution is -2.18. The van der Waals surface area contributed by atoms with Gasteiger partial charge in [0.2, 0.25) is 0 Å².